The predicted molar refractivity (Wildman–Crippen MR) is 87.1 cm³/mol. The summed E-state index contributed by atoms with van der Waals surface area (Å²) in [6.45, 7) is 3.08. The second-order valence-electron chi connectivity index (χ2n) is 5.57. The van der Waals surface area contributed by atoms with Crippen molar-refractivity contribution in [2.45, 2.75) is 29.4 Å². The summed E-state index contributed by atoms with van der Waals surface area (Å²) in [7, 11) is -1.80. The third-order valence-electron chi connectivity index (χ3n) is 4.08. The number of nitrogens with two attached hydrogens (primary N) is 1. The number of anilines is 1. The topological polar surface area (TPSA) is 83.6 Å². The Balaban J connectivity index is 0.00000220. The number of benzene rings is 1. The van der Waals surface area contributed by atoms with E-state index in [0.29, 0.717) is 25.9 Å². The Morgan fingerprint density at radius 1 is 1.33 bits per heavy atom. The van der Waals surface area contributed by atoms with Gasteiger partial charge in [-0.15, -0.1) is 12.4 Å². The fourth-order valence-corrected chi connectivity index (χ4v) is 4.79. The van der Waals surface area contributed by atoms with Gasteiger partial charge < -0.3 is 15.7 Å². The van der Waals surface area contributed by atoms with E-state index >= 15 is 0 Å². The summed E-state index contributed by atoms with van der Waals surface area (Å²) in [5.74, 6) is -0.447. The van der Waals surface area contributed by atoms with Crippen LogP contribution in [0.1, 0.15) is 19.8 Å². The van der Waals surface area contributed by atoms with Crippen LogP contribution in [0.2, 0.25) is 5.02 Å². The van der Waals surface area contributed by atoms with E-state index in [0.717, 1.165) is 0 Å². The predicted octanol–water partition coefficient (Wildman–Crippen LogP) is 2.31. The lowest BCUT2D eigenvalue weighted by molar-refractivity contribution is 0.240. The highest BCUT2D eigenvalue weighted by Gasteiger charge is 2.44. The minimum Gasteiger partial charge on any atom is -0.504 e. The van der Waals surface area contributed by atoms with Gasteiger partial charge in [0.15, 0.2) is 15.6 Å². The molecule has 0 spiro atoms. The van der Waals surface area contributed by atoms with Crippen LogP contribution in [0.15, 0.2) is 17.0 Å². The van der Waals surface area contributed by atoms with Crippen molar-refractivity contribution in [1.29, 1.82) is 0 Å². The van der Waals surface area contributed by atoms with Gasteiger partial charge in [0.2, 0.25) is 0 Å². The molecule has 1 fully saturated rings. The molecule has 3 N–H and O–H groups in total. The van der Waals surface area contributed by atoms with Gasteiger partial charge in [-0.2, -0.15) is 0 Å². The van der Waals surface area contributed by atoms with Crippen molar-refractivity contribution in [3.8, 4) is 5.75 Å². The van der Waals surface area contributed by atoms with Gasteiger partial charge in [-0.05, 0) is 52.0 Å². The Kier molecular flexibility index (Phi) is 5.42. The van der Waals surface area contributed by atoms with Crippen LogP contribution in [0.3, 0.4) is 0 Å². The largest absolute Gasteiger partial charge is 0.504 e. The number of likely N-dealkylation sites (tertiary alicyclic amines) is 1. The normalized spacial score (nSPS) is 19.0. The molecule has 1 aliphatic rings. The summed E-state index contributed by atoms with van der Waals surface area (Å²) in [5.41, 5.74) is 5.62. The average molecular weight is 355 g/mol. The number of rotatable bonds is 2. The van der Waals surface area contributed by atoms with Crippen LogP contribution >= 0.6 is 24.0 Å². The van der Waals surface area contributed by atoms with Crippen molar-refractivity contribution in [1.82, 2.24) is 4.90 Å². The van der Waals surface area contributed by atoms with E-state index in [-0.39, 0.29) is 28.0 Å². The molecule has 1 saturated heterocycles. The minimum absolute atomic E-state index is 0. The molecule has 1 aliphatic heterocycles. The highest BCUT2D eigenvalue weighted by Crippen LogP contribution is 2.43. The summed E-state index contributed by atoms with van der Waals surface area (Å²) in [4.78, 5) is 1.84. The number of phenolic OH excluding ortho intramolecular Hbond substituents is 1. The molecule has 8 heteroatoms. The number of halogens is 2. The monoisotopic (exact) mass is 354 g/mol. The van der Waals surface area contributed by atoms with Gasteiger partial charge in [0, 0.05) is 0 Å². The number of sulfone groups is 1. The van der Waals surface area contributed by atoms with Crippen LogP contribution < -0.4 is 5.73 Å². The number of hydrogen-bond donors (Lipinski definition) is 2. The molecule has 0 bridgehead atoms. The van der Waals surface area contributed by atoms with Crippen molar-refractivity contribution >= 4 is 39.5 Å². The van der Waals surface area contributed by atoms with Gasteiger partial charge in [0.1, 0.15) is 4.90 Å². The summed E-state index contributed by atoms with van der Waals surface area (Å²) < 4.78 is 24.8. The van der Waals surface area contributed by atoms with E-state index in [9.17, 15) is 13.5 Å². The summed E-state index contributed by atoms with van der Waals surface area (Å²) >= 11 is 5.99. The Hall–Kier alpha value is -0.690. The van der Waals surface area contributed by atoms with Crippen LogP contribution in [0.5, 0.6) is 5.75 Å². The van der Waals surface area contributed by atoms with E-state index in [1.54, 1.807) is 6.92 Å². The standard InChI is InChI=1S/C13H19ClN2O3S.ClH/c1-13(5-7-16(2)8-6-13)20(18,19)12-9(14)3-4-10(15)11(12)17;/h3-4,17H,5-8,15H2,1-2H3;1H. The van der Waals surface area contributed by atoms with Crippen molar-refractivity contribution < 1.29 is 13.5 Å². The third kappa shape index (κ3) is 3.08. The molecule has 21 heavy (non-hydrogen) atoms. The third-order valence-corrected chi connectivity index (χ3v) is 7.16. The Bertz CT molecular complexity index is 627. The molecule has 120 valence electrons. The highest BCUT2D eigenvalue weighted by molar-refractivity contribution is 7.93. The minimum atomic E-state index is -3.76. The first-order valence-corrected chi connectivity index (χ1v) is 8.25. The summed E-state index contributed by atoms with van der Waals surface area (Å²) in [5, 5.41) is 10.0. The summed E-state index contributed by atoms with van der Waals surface area (Å²) in [6, 6.07) is 2.80. The number of hydrogen-bond acceptors (Lipinski definition) is 5. The number of piperidine rings is 1. The van der Waals surface area contributed by atoms with Crippen molar-refractivity contribution in [3.63, 3.8) is 0 Å². The lowest BCUT2D eigenvalue weighted by Gasteiger charge is -2.37. The fourth-order valence-electron chi connectivity index (χ4n) is 2.42. The second kappa shape index (κ2) is 6.20. The first-order valence-electron chi connectivity index (χ1n) is 6.39. The van der Waals surface area contributed by atoms with E-state index in [2.05, 4.69) is 4.90 Å². The zero-order valence-electron chi connectivity index (χ0n) is 12.0. The van der Waals surface area contributed by atoms with E-state index in [4.69, 9.17) is 17.3 Å². The van der Waals surface area contributed by atoms with Gasteiger partial charge in [-0.1, -0.05) is 11.6 Å². The molecular formula is C13H20Cl2N2O3S. The molecule has 0 aliphatic carbocycles. The quantitative estimate of drug-likeness (QED) is 0.628. The fraction of sp³-hybridized carbons (Fsp3) is 0.538. The van der Waals surface area contributed by atoms with Gasteiger partial charge in [0.05, 0.1) is 15.5 Å². The second-order valence-corrected chi connectivity index (χ2v) is 8.38. The van der Waals surface area contributed by atoms with Crippen molar-refractivity contribution in [2.75, 3.05) is 25.9 Å². The van der Waals surface area contributed by atoms with Crippen LogP contribution in [-0.2, 0) is 9.84 Å². The molecule has 0 unspecified atom stereocenters. The average Bonchev–Trinajstić information content (AvgIpc) is 2.38. The van der Waals surface area contributed by atoms with Crippen LogP contribution in [0.25, 0.3) is 0 Å². The molecule has 1 aromatic rings. The Morgan fingerprint density at radius 3 is 2.38 bits per heavy atom. The van der Waals surface area contributed by atoms with E-state index in [1.807, 2.05) is 7.05 Å². The molecule has 1 heterocycles. The molecule has 0 amide bonds. The number of aromatic hydroxyl groups is 1. The smallest absolute Gasteiger partial charge is 0.189 e. The molecule has 0 radical (unpaired) electrons. The van der Waals surface area contributed by atoms with E-state index in [1.165, 1.54) is 12.1 Å². The Labute approximate surface area is 136 Å². The van der Waals surface area contributed by atoms with Crippen molar-refractivity contribution in [3.05, 3.63) is 17.2 Å². The highest BCUT2D eigenvalue weighted by atomic mass is 35.5. The molecule has 0 aromatic heterocycles. The maximum atomic E-state index is 12.9. The zero-order chi connectivity index (χ0) is 15.1. The Morgan fingerprint density at radius 2 is 1.86 bits per heavy atom. The lowest BCUT2D eigenvalue weighted by Crippen LogP contribution is -2.46. The summed E-state index contributed by atoms with van der Waals surface area (Å²) in [6.07, 6.45) is 0.993. The maximum Gasteiger partial charge on any atom is 0.189 e. The van der Waals surface area contributed by atoms with Gasteiger partial charge in [0.25, 0.3) is 0 Å². The molecule has 5 nitrogen and oxygen atoms in total. The number of phenols is 1. The van der Waals surface area contributed by atoms with Crippen LogP contribution in [-0.4, -0.2) is 43.3 Å². The molecule has 1 aromatic carbocycles. The number of nitrogens with zero attached hydrogens (tertiary/aromatic N) is 1. The SMILES string of the molecule is CN1CCC(C)(S(=O)(=O)c2c(Cl)ccc(N)c2O)CC1.Cl. The maximum absolute atomic E-state index is 12.9. The molecule has 0 atom stereocenters. The van der Waals surface area contributed by atoms with E-state index < -0.39 is 20.3 Å². The van der Waals surface area contributed by atoms with Crippen LogP contribution in [0.4, 0.5) is 5.69 Å². The molecule has 2 rings (SSSR count). The first-order chi connectivity index (χ1) is 9.19. The van der Waals surface area contributed by atoms with Crippen molar-refractivity contribution in [2.24, 2.45) is 0 Å². The first kappa shape index (κ1) is 18.4. The molecule has 0 saturated carbocycles. The van der Waals surface area contributed by atoms with Gasteiger partial charge in [-0.3, -0.25) is 0 Å². The number of nitrogen functional groups attached to an aromatic ring is 1. The van der Waals surface area contributed by atoms with Gasteiger partial charge >= 0.3 is 0 Å². The lowest BCUT2D eigenvalue weighted by atomic mass is 9.98. The zero-order valence-corrected chi connectivity index (χ0v) is 14.4. The molecular weight excluding hydrogens is 335 g/mol. The van der Waals surface area contributed by atoms with Crippen LogP contribution in [0, 0.1) is 0 Å². The van der Waals surface area contributed by atoms with Gasteiger partial charge in [-0.25, -0.2) is 8.42 Å².